The third-order valence-electron chi connectivity index (χ3n) is 3.09. The van der Waals surface area contributed by atoms with Gasteiger partial charge >= 0.3 is 11.9 Å². The van der Waals surface area contributed by atoms with E-state index < -0.39 is 11.9 Å². The van der Waals surface area contributed by atoms with Crippen molar-refractivity contribution in [1.29, 1.82) is 0 Å². The number of rotatable bonds is 3. The molecule has 1 aromatic carbocycles. The number of esters is 2. The lowest BCUT2D eigenvalue weighted by Crippen LogP contribution is -2.12. The van der Waals surface area contributed by atoms with Gasteiger partial charge in [0.2, 0.25) is 0 Å². The molecule has 0 unspecified atom stereocenters. The summed E-state index contributed by atoms with van der Waals surface area (Å²) >= 11 is 0. The third-order valence-corrected chi connectivity index (χ3v) is 3.09. The van der Waals surface area contributed by atoms with Crippen LogP contribution in [0.3, 0.4) is 0 Å². The molecule has 0 radical (unpaired) electrons. The Kier molecular flexibility index (Phi) is 3.33. The zero-order valence-corrected chi connectivity index (χ0v) is 11.2. The number of hydrogen-bond acceptors (Lipinski definition) is 6. The highest BCUT2D eigenvalue weighted by molar-refractivity contribution is 6.04. The van der Waals surface area contributed by atoms with Crippen molar-refractivity contribution in [3.05, 3.63) is 22.3 Å². The Morgan fingerprint density at radius 1 is 1.16 bits per heavy atom. The average molecular weight is 266 g/mol. The van der Waals surface area contributed by atoms with Crippen molar-refractivity contribution in [2.75, 3.05) is 21.3 Å². The van der Waals surface area contributed by atoms with Gasteiger partial charge in [-0.15, -0.1) is 0 Å². The third kappa shape index (κ3) is 1.80. The van der Waals surface area contributed by atoms with Gasteiger partial charge in [0, 0.05) is 11.1 Å². The SMILES string of the molecule is COC(=O)c1c2c(c(OC)c(C)c1OC)C(=O)OC2. The zero-order valence-electron chi connectivity index (χ0n) is 11.2. The minimum atomic E-state index is -0.572. The van der Waals surface area contributed by atoms with E-state index in [4.69, 9.17) is 18.9 Å². The molecule has 0 aromatic heterocycles. The van der Waals surface area contributed by atoms with E-state index in [0.29, 0.717) is 22.6 Å². The lowest BCUT2D eigenvalue weighted by Gasteiger charge is -2.16. The van der Waals surface area contributed by atoms with Gasteiger partial charge in [-0.05, 0) is 6.92 Å². The lowest BCUT2D eigenvalue weighted by molar-refractivity contribution is 0.0522. The molecule has 2 rings (SSSR count). The Morgan fingerprint density at radius 3 is 2.32 bits per heavy atom. The Hall–Kier alpha value is -2.24. The molecule has 1 aromatic rings. The fraction of sp³-hybridized carbons (Fsp3) is 0.385. The van der Waals surface area contributed by atoms with Gasteiger partial charge in [-0.25, -0.2) is 9.59 Å². The van der Waals surface area contributed by atoms with Crippen molar-refractivity contribution in [1.82, 2.24) is 0 Å². The van der Waals surface area contributed by atoms with Crippen LogP contribution in [0.4, 0.5) is 0 Å². The van der Waals surface area contributed by atoms with Crippen molar-refractivity contribution in [2.45, 2.75) is 13.5 Å². The van der Waals surface area contributed by atoms with Crippen LogP contribution in [0.15, 0.2) is 0 Å². The Labute approximate surface area is 110 Å². The van der Waals surface area contributed by atoms with Gasteiger partial charge in [0.25, 0.3) is 0 Å². The standard InChI is InChI=1S/C13H14O6/c1-6-10(16-2)8(12(14)18-4)7-5-19-13(15)9(7)11(6)17-3/h5H2,1-4H3. The van der Waals surface area contributed by atoms with Crippen LogP contribution < -0.4 is 9.47 Å². The average Bonchev–Trinajstić information content (AvgIpc) is 2.78. The Balaban J connectivity index is 2.84. The number of carbonyl (C=O) groups excluding carboxylic acids is 2. The van der Waals surface area contributed by atoms with Crippen LogP contribution >= 0.6 is 0 Å². The molecule has 19 heavy (non-hydrogen) atoms. The maximum Gasteiger partial charge on any atom is 0.342 e. The number of cyclic esters (lactones) is 1. The van der Waals surface area contributed by atoms with E-state index in [2.05, 4.69) is 0 Å². The fourth-order valence-electron chi connectivity index (χ4n) is 2.28. The van der Waals surface area contributed by atoms with Gasteiger partial charge in [0.05, 0.1) is 21.3 Å². The van der Waals surface area contributed by atoms with E-state index in [1.807, 2.05) is 0 Å². The number of fused-ring (bicyclic) bond motifs is 1. The number of hydrogen-bond donors (Lipinski definition) is 0. The molecule has 1 heterocycles. The summed E-state index contributed by atoms with van der Waals surface area (Å²) in [5, 5.41) is 0. The summed E-state index contributed by atoms with van der Waals surface area (Å²) in [6.07, 6.45) is 0. The van der Waals surface area contributed by atoms with E-state index in [1.165, 1.54) is 21.3 Å². The van der Waals surface area contributed by atoms with Crippen molar-refractivity contribution < 1.29 is 28.5 Å². The Bertz CT molecular complexity index is 561. The van der Waals surface area contributed by atoms with Crippen molar-refractivity contribution in [2.24, 2.45) is 0 Å². The van der Waals surface area contributed by atoms with Crippen LogP contribution in [0.1, 0.15) is 31.8 Å². The zero-order chi connectivity index (χ0) is 14.2. The van der Waals surface area contributed by atoms with Gasteiger partial charge in [0.1, 0.15) is 29.2 Å². The quantitative estimate of drug-likeness (QED) is 0.771. The van der Waals surface area contributed by atoms with Crippen LogP contribution in [-0.4, -0.2) is 33.3 Å². The second kappa shape index (κ2) is 4.79. The second-order valence-electron chi connectivity index (χ2n) is 3.99. The summed E-state index contributed by atoms with van der Waals surface area (Å²) in [6, 6.07) is 0. The van der Waals surface area contributed by atoms with Crippen LogP contribution in [-0.2, 0) is 16.1 Å². The van der Waals surface area contributed by atoms with Gasteiger partial charge < -0.3 is 18.9 Å². The van der Waals surface area contributed by atoms with E-state index in [0.717, 1.165) is 0 Å². The van der Waals surface area contributed by atoms with Crippen LogP contribution in [0.5, 0.6) is 11.5 Å². The molecule has 0 fully saturated rings. The van der Waals surface area contributed by atoms with E-state index in [1.54, 1.807) is 6.92 Å². The molecule has 1 aliphatic heterocycles. The predicted octanol–water partition coefficient (Wildman–Crippen LogP) is 1.47. The topological polar surface area (TPSA) is 71.1 Å². The molecule has 6 nitrogen and oxygen atoms in total. The van der Waals surface area contributed by atoms with E-state index in [9.17, 15) is 9.59 Å². The smallest absolute Gasteiger partial charge is 0.342 e. The molecule has 0 bridgehead atoms. The monoisotopic (exact) mass is 266 g/mol. The first kappa shape index (κ1) is 13.2. The largest absolute Gasteiger partial charge is 0.495 e. The molecule has 0 saturated carbocycles. The first-order valence-corrected chi connectivity index (χ1v) is 5.59. The second-order valence-corrected chi connectivity index (χ2v) is 3.99. The van der Waals surface area contributed by atoms with Crippen molar-refractivity contribution in [3.63, 3.8) is 0 Å². The summed E-state index contributed by atoms with van der Waals surface area (Å²) < 4.78 is 20.2. The van der Waals surface area contributed by atoms with Crippen molar-refractivity contribution >= 4 is 11.9 Å². The highest BCUT2D eigenvalue weighted by Gasteiger charge is 2.36. The lowest BCUT2D eigenvalue weighted by atomic mass is 9.96. The molecule has 0 aliphatic carbocycles. The first-order valence-electron chi connectivity index (χ1n) is 5.59. The minimum Gasteiger partial charge on any atom is -0.495 e. The molecule has 0 spiro atoms. The van der Waals surface area contributed by atoms with Crippen molar-refractivity contribution in [3.8, 4) is 11.5 Å². The summed E-state index contributed by atoms with van der Waals surface area (Å²) in [7, 11) is 4.16. The highest BCUT2D eigenvalue weighted by Crippen LogP contribution is 2.42. The number of ether oxygens (including phenoxy) is 4. The summed E-state index contributed by atoms with van der Waals surface area (Å²) in [5.41, 5.74) is 1.48. The maximum atomic E-state index is 11.9. The van der Waals surface area contributed by atoms with E-state index in [-0.39, 0.29) is 17.7 Å². The number of benzene rings is 1. The van der Waals surface area contributed by atoms with Gasteiger partial charge in [-0.2, -0.15) is 0 Å². The maximum absolute atomic E-state index is 11.9. The molecule has 1 aliphatic rings. The normalized spacial score (nSPS) is 12.7. The first-order chi connectivity index (χ1) is 9.06. The molecule has 102 valence electrons. The molecule has 0 atom stereocenters. The Morgan fingerprint density at radius 2 is 1.79 bits per heavy atom. The summed E-state index contributed by atoms with van der Waals surface area (Å²) in [6.45, 7) is 1.71. The van der Waals surface area contributed by atoms with Gasteiger partial charge in [-0.3, -0.25) is 0 Å². The minimum absolute atomic E-state index is 0.00556. The summed E-state index contributed by atoms with van der Waals surface area (Å²) in [5.74, 6) is -0.386. The van der Waals surface area contributed by atoms with Crippen LogP contribution in [0.25, 0.3) is 0 Å². The molecular formula is C13H14O6. The highest BCUT2D eigenvalue weighted by atomic mass is 16.5. The molecule has 0 saturated heterocycles. The molecular weight excluding hydrogens is 252 g/mol. The van der Waals surface area contributed by atoms with Crippen LogP contribution in [0, 0.1) is 6.92 Å². The molecule has 0 N–H and O–H groups in total. The van der Waals surface area contributed by atoms with Gasteiger partial charge in [0.15, 0.2) is 0 Å². The van der Waals surface area contributed by atoms with Gasteiger partial charge in [-0.1, -0.05) is 0 Å². The number of carbonyl (C=O) groups is 2. The molecule has 6 heteroatoms. The predicted molar refractivity (Wildman–Crippen MR) is 64.7 cm³/mol. The van der Waals surface area contributed by atoms with Crippen LogP contribution in [0.2, 0.25) is 0 Å². The fourth-order valence-corrected chi connectivity index (χ4v) is 2.28. The molecule has 0 amide bonds. The number of methoxy groups -OCH3 is 3. The summed E-state index contributed by atoms with van der Waals surface area (Å²) in [4.78, 5) is 23.7. The van der Waals surface area contributed by atoms with E-state index >= 15 is 0 Å².